The van der Waals surface area contributed by atoms with Gasteiger partial charge < -0.3 is 10.5 Å². The second-order valence-corrected chi connectivity index (χ2v) is 6.70. The maximum Gasteiger partial charge on any atom is 0.119 e. The molecule has 0 aromatic heterocycles. The van der Waals surface area contributed by atoms with Crippen molar-refractivity contribution in [2.75, 3.05) is 6.61 Å². The molecule has 0 amide bonds. The van der Waals surface area contributed by atoms with E-state index in [9.17, 15) is 0 Å². The number of hydrogen-bond donors (Lipinski definition) is 1. The molecule has 2 bridgehead atoms. The first kappa shape index (κ1) is 13.9. The Labute approximate surface area is 122 Å². The highest BCUT2D eigenvalue weighted by Gasteiger charge is 2.39. The molecule has 2 saturated carbocycles. The van der Waals surface area contributed by atoms with Crippen LogP contribution < -0.4 is 10.5 Å². The average molecular weight is 273 g/mol. The Balaban J connectivity index is 1.60. The quantitative estimate of drug-likeness (QED) is 0.838. The first-order valence-corrected chi connectivity index (χ1v) is 8.24. The highest BCUT2D eigenvalue weighted by molar-refractivity contribution is 5.30. The average Bonchev–Trinajstić information content (AvgIpc) is 3.08. The molecule has 2 heteroatoms. The number of fused-ring (bicyclic) bond motifs is 2. The van der Waals surface area contributed by atoms with E-state index in [0.29, 0.717) is 0 Å². The summed E-state index contributed by atoms with van der Waals surface area (Å²) in [7, 11) is 0. The molecule has 0 spiro atoms. The lowest BCUT2D eigenvalue weighted by atomic mass is 9.83. The summed E-state index contributed by atoms with van der Waals surface area (Å²) in [4.78, 5) is 0. The third kappa shape index (κ3) is 3.01. The van der Waals surface area contributed by atoms with E-state index in [1.165, 1.54) is 31.2 Å². The molecule has 0 heterocycles. The minimum absolute atomic E-state index is 0.171. The van der Waals surface area contributed by atoms with Crippen molar-refractivity contribution in [3.05, 3.63) is 29.8 Å². The molecular weight excluding hydrogens is 246 g/mol. The molecule has 110 valence electrons. The zero-order chi connectivity index (χ0) is 13.9. The summed E-state index contributed by atoms with van der Waals surface area (Å²) in [5.41, 5.74) is 7.69. The van der Waals surface area contributed by atoms with Gasteiger partial charge in [-0.1, -0.05) is 25.5 Å². The van der Waals surface area contributed by atoms with Gasteiger partial charge in [-0.2, -0.15) is 0 Å². The first-order valence-electron chi connectivity index (χ1n) is 8.24. The van der Waals surface area contributed by atoms with Gasteiger partial charge in [-0.3, -0.25) is 0 Å². The van der Waals surface area contributed by atoms with Crippen molar-refractivity contribution in [2.45, 2.75) is 51.5 Å². The zero-order valence-corrected chi connectivity index (χ0v) is 12.6. The van der Waals surface area contributed by atoms with Gasteiger partial charge in [0.15, 0.2) is 0 Å². The van der Waals surface area contributed by atoms with Gasteiger partial charge in [-0.15, -0.1) is 0 Å². The Morgan fingerprint density at radius 1 is 1.30 bits per heavy atom. The largest absolute Gasteiger partial charge is 0.494 e. The fourth-order valence-electron chi connectivity index (χ4n) is 4.18. The van der Waals surface area contributed by atoms with Crippen LogP contribution in [-0.2, 0) is 0 Å². The molecule has 1 aromatic carbocycles. The molecule has 4 unspecified atom stereocenters. The Morgan fingerprint density at radius 2 is 2.20 bits per heavy atom. The van der Waals surface area contributed by atoms with Crippen LogP contribution in [0.15, 0.2) is 24.3 Å². The maximum absolute atomic E-state index is 6.45. The summed E-state index contributed by atoms with van der Waals surface area (Å²) in [6.07, 6.45) is 8.00. The van der Waals surface area contributed by atoms with E-state index in [1.54, 1.807) is 0 Å². The molecule has 0 radical (unpaired) electrons. The summed E-state index contributed by atoms with van der Waals surface area (Å²) in [6.45, 7) is 2.91. The number of hydrogen-bond acceptors (Lipinski definition) is 2. The molecule has 2 nitrogen and oxygen atoms in total. The van der Waals surface area contributed by atoms with E-state index in [-0.39, 0.29) is 6.04 Å². The fourth-order valence-corrected chi connectivity index (χ4v) is 4.18. The summed E-state index contributed by atoms with van der Waals surface area (Å²) in [6, 6.07) is 8.55. The summed E-state index contributed by atoms with van der Waals surface area (Å²) in [5, 5.41) is 0. The van der Waals surface area contributed by atoms with Crippen LogP contribution in [0.5, 0.6) is 5.75 Å². The normalized spacial score (nSPS) is 29.6. The zero-order valence-electron chi connectivity index (χ0n) is 12.6. The molecule has 20 heavy (non-hydrogen) atoms. The summed E-state index contributed by atoms with van der Waals surface area (Å²) in [5.74, 6) is 3.80. The Bertz CT molecular complexity index is 445. The van der Waals surface area contributed by atoms with Crippen molar-refractivity contribution >= 4 is 0 Å². The predicted octanol–water partition coefficient (Wildman–Crippen LogP) is 4.30. The highest BCUT2D eigenvalue weighted by atomic mass is 16.5. The smallest absolute Gasteiger partial charge is 0.119 e. The van der Waals surface area contributed by atoms with E-state index < -0.39 is 0 Å². The van der Waals surface area contributed by atoms with E-state index in [0.717, 1.165) is 43.0 Å². The predicted molar refractivity (Wildman–Crippen MR) is 82.7 cm³/mol. The molecular formula is C18H27NO. The van der Waals surface area contributed by atoms with E-state index in [4.69, 9.17) is 10.5 Å². The van der Waals surface area contributed by atoms with Crippen molar-refractivity contribution in [3.63, 3.8) is 0 Å². The highest BCUT2D eigenvalue weighted by Crippen LogP contribution is 2.50. The first-order chi connectivity index (χ1) is 9.76. The second kappa shape index (κ2) is 6.17. The molecule has 1 aromatic rings. The van der Waals surface area contributed by atoms with E-state index in [2.05, 4.69) is 25.1 Å². The Hall–Kier alpha value is -1.02. The van der Waals surface area contributed by atoms with Gasteiger partial charge in [0.2, 0.25) is 0 Å². The third-order valence-electron chi connectivity index (χ3n) is 5.20. The van der Waals surface area contributed by atoms with E-state index in [1.807, 2.05) is 6.07 Å². The molecule has 2 aliphatic carbocycles. The van der Waals surface area contributed by atoms with Crippen LogP contribution in [-0.4, -0.2) is 6.61 Å². The van der Waals surface area contributed by atoms with Gasteiger partial charge in [-0.25, -0.2) is 0 Å². The maximum atomic E-state index is 6.45. The number of nitrogens with two attached hydrogens (primary N) is 1. The molecule has 3 rings (SSSR count). The summed E-state index contributed by atoms with van der Waals surface area (Å²) >= 11 is 0. The number of ether oxygens (including phenoxy) is 1. The number of rotatable bonds is 6. The van der Waals surface area contributed by atoms with Crippen LogP contribution in [0.4, 0.5) is 0 Å². The van der Waals surface area contributed by atoms with Crippen molar-refractivity contribution in [2.24, 2.45) is 23.5 Å². The molecule has 0 saturated heterocycles. The van der Waals surface area contributed by atoms with Crippen molar-refractivity contribution in [3.8, 4) is 5.75 Å². The lowest BCUT2D eigenvalue weighted by Crippen LogP contribution is -2.19. The van der Waals surface area contributed by atoms with Gasteiger partial charge in [0, 0.05) is 6.04 Å². The van der Waals surface area contributed by atoms with Gasteiger partial charge in [-0.05, 0) is 67.6 Å². The Morgan fingerprint density at radius 3 is 2.90 bits per heavy atom. The van der Waals surface area contributed by atoms with Crippen LogP contribution in [0.25, 0.3) is 0 Å². The van der Waals surface area contributed by atoms with Gasteiger partial charge in [0.05, 0.1) is 6.61 Å². The summed E-state index contributed by atoms with van der Waals surface area (Å²) < 4.78 is 5.71. The lowest BCUT2D eigenvalue weighted by Gasteiger charge is -2.25. The standard InChI is InChI=1S/C18H27NO/c1-2-8-20-17-5-3-4-15(11-17)18(19)12-16-10-13-6-7-14(16)9-13/h3-5,11,13-14,16,18H,2,6-10,12,19H2,1H3. The van der Waals surface area contributed by atoms with Crippen LogP contribution in [0.3, 0.4) is 0 Å². The molecule has 0 aliphatic heterocycles. The minimum atomic E-state index is 0.171. The van der Waals surface area contributed by atoms with Crippen molar-refractivity contribution < 1.29 is 4.74 Å². The number of benzene rings is 1. The van der Waals surface area contributed by atoms with Crippen LogP contribution in [0.2, 0.25) is 0 Å². The van der Waals surface area contributed by atoms with Gasteiger partial charge in [0.25, 0.3) is 0 Å². The SMILES string of the molecule is CCCOc1cccc(C(N)CC2CC3CCC2C3)c1. The third-order valence-corrected chi connectivity index (χ3v) is 5.20. The second-order valence-electron chi connectivity index (χ2n) is 6.70. The monoisotopic (exact) mass is 273 g/mol. The van der Waals surface area contributed by atoms with Crippen LogP contribution in [0, 0.1) is 17.8 Å². The van der Waals surface area contributed by atoms with Gasteiger partial charge >= 0.3 is 0 Å². The van der Waals surface area contributed by atoms with Gasteiger partial charge in [0.1, 0.15) is 5.75 Å². The molecule has 2 fully saturated rings. The van der Waals surface area contributed by atoms with Crippen LogP contribution >= 0.6 is 0 Å². The minimum Gasteiger partial charge on any atom is -0.494 e. The molecule has 2 aliphatic rings. The van der Waals surface area contributed by atoms with Crippen molar-refractivity contribution in [1.29, 1.82) is 0 Å². The van der Waals surface area contributed by atoms with E-state index >= 15 is 0 Å². The van der Waals surface area contributed by atoms with Crippen LogP contribution in [0.1, 0.15) is 57.1 Å². The molecule has 2 N–H and O–H groups in total. The topological polar surface area (TPSA) is 35.2 Å². The Kier molecular flexibility index (Phi) is 4.30. The van der Waals surface area contributed by atoms with Crippen molar-refractivity contribution in [1.82, 2.24) is 0 Å². The molecule has 4 atom stereocenters. The lowest BCUT2D eigenvalue weighted by molar-refractivity contribution is 0.295. The fraction of sp³-hybridized carbons (Fsp3) is 0.667.